The maximum Gasteiger partial charge on any atom is 0.265 e. The highest BCUT2D eigenvalue weighted by Gasteiger charge is 2.16. The van der Waals surface area contributed by atoms with Crippen LogP contribution in [0.3, 0.4) is 0 Å². The van der Waals surface area contributed by atoms with Gasteiger partial charge in [0.05, 0.1) is 0 Å². The van der Waals surface area contributed by atoms with Crippen LogP contribution in [0.1, 0.15) is 36.7 Å². The minimum absolute atomic E-state index is 0.0102. The molecule has 1 atom stereocenters. The quantitative estimate of drug-likeness (QED) is 0.821. The standard InChI is InChI=1S/C21H26N2O3/c1-5-23(6-2)21(25)17-9-11-18(12-10-17)22-20(24)16(4)26-19-13-7-15(3)8-14-19/h7-14,16H,5-6H2,1-4H3,(H,22,24). The van der Waals surface area contributed by atoms with Crippen molar-refractivity contribution >= 4 is 17.5 Å². The first-order valence-electron chi connectivity index (χ1n) is 8.88. The molecular formula is C21H26N2O3. The molecule has 2 aromatic carbocycles. The Morgan fingerprint density at radius 3 is 2.12 bits per heavy atom. The monoisotopic (exact) mass is 354 g/mol. The number of benzene rings is 2. The minimum Gasteiger partial charge on any atom is -0.481 e. The zero-order chi connectivity index (χ0) is 19.1. The topological polar surface area (TPSA) is 58.6 Å². The van der Waals surface area contributed by atoms with Gasteiger partial charge in [-0.3, -0.25) is 9.59 Å². The largest absolute Gasteiger partial charge is 0.481 e. The third kappa shape index (κ3) is 5.09. The number of nitrogens with zero attached hydrogens (tertiary/aromatic N) is 1. The second kappa shape index (κ2) is 9.04. The van der Waals surface area contributed by atoms with Gasteiger partial charge < -0.3 is 15.0 Å². The van der Waals surface area contributed by atoms with E-state index in [-0.39, 0.29) is 11.8 Å². The smallest absolute Gasteiger partial charge is 0.265 e. The lowest BCUT2D eigenvalue weighted by atomic mass is 10.1. The van der Waals surface area contributed by atoms with E-state index >= 15 is 0 Å². The Labute approximate surface area is 155 Å². The molecule has 2 aromatic rings. The molecule has 0 heterocycles. The van der Waals surface area contributed by atoms with Crippen molar-refractivity contribution in [2.75, 3.05) is 18.4 Å². The molecule has 0 saturated heterocycles. The lowest BCUT2D eigenvalue weighted by Gasteiger charge is -2.19. The van der Waals surface area contributed by atoms with Crippen LogP contribution in [0.25, 0.3) is 0 Å². The molecule has 5 nitrogen and oxygen atoms in total. The molecule has 138 valence electrons. The summed E-state index contributed by atoms with van der Waals surface area (Å²) in [6.45, 7) is 8.93. The van der Waals surface area contributed by atoms with Crippen molar-refractivity contribution in [3.05, 3.63) is 59.7 Å². The molecular weight excluding hydrogens is 328 g/mol. The van der Waals surface area contributed by atoms with Gasteiger partial charge in [0.2, 0.25) is 0 Å². The van der Waals surface area contributed by atoms with Crippen LogP contribution < -0.4 is 10.1 Å². The predicted molar refractivity (Wildman–Crippen MR) is 104 cm³/mol. The Morgan fingerprint density at radius 2 is 1.58 bits per heavy atom. The van der Waals surface area contributed by atoms with Crippen LogP contribution in [-0.4, -0.2) is 35.9 Å². The number of aryl methyl sites for hydroxylation is 1. The highest BCUT2D eigenvalue weighted by molar-refractivity contribution is 5.96. The van der Waals surface area contributed by atoms with Gasteiger partial charge in [-0.2, -0.15) is 0 Å². The van der Waals surface area contributed by atoms with E-state index in [0.717, 1.165) is 5.56 Å². The Kier molecular flexibility index (Phi) is 6.78. The molecule has 26 heavy (non-hydrogen) atoms. The van der Waals surface area contributed by atoms with E-state index in [1.165, 1.54) is 0 Å². The van der Waals surface area contributed by atoms with Crippen LogP contribution >= 0.6 is 0 Å². The van der Waals surface area contributed by atoms with Crippen LogP contribution in [-0.2, 0) is 4.79 Å². The summed E-state index contributed by atoms with van der Waals surface area (Å²) >= 11 is 0. The molecule has 0 aliphatic heterocycles. The predicted octanol–water partition coefficient (Wildman–Crippen LogP) is 3.88. The summed E-state index contributed by atoms with van der Waals surface area (Å²) in [6, 6.07) is 14.5. The summed E-state index contributed by atoms with van der Waals surface area (Å²) < 4.78 is 5.65. The normalized spacial score (nSPS) is 11.5. The third-order valence-corrected chi connectivity index (χ3v) is 4.15. The average molecular weight is 354 g/mol. The lowest BCUT2D eigenvalue weighted by Crippen LogP contribution is -2.31. The van der Waals surface area contributed by atoms with Gasteiger partial charge in [0.25, 0.3) is 11.8 Å². The van der Waals surface area contributed by atoms with E-state index in [1.807, 2.05) is 45.0 Å². The fourth-order valence-electron chi connectivity index (χ4n) is 2.51. The Balaban J connectivity index is 1.96. The number of amides is 2. The van der Waals surface area contributed by atoms with Crippen LogP contribution in [0, 0.1) is 6.92 Å². The van der Waals surface area contributed by atoms with Crippen molar-refractivity contribution < 1.29 is 14.3 Å². The summed E-state index contributed by atoms with van der Waals surface area (Å²) in [5.74, 6) is 0.399. The maximum atomic E-state index is 12.3. The number of carbonyl (C=O) groups is 2. The second-order valence-corrected chi connectivity index (χ2v) is 6.12. The zero-order valence-electron chi connectivity index (χ0n) is 15.8. The number of ether oxygens (including phenoxy) is 1. The zero-order valence-corrected chi connectivity index (χ0v) is 15.8. The fraction of sp³-hybridized carbons (Fsp3) is 0.333. The van der Waals surface area contributed by atoms with E-state index in [4.69, 9.17) is 4.74 Å². The molecule has 0 fully saturated rings. The summed E-state index contributed by atoms with van der Waals surface area (Å²) in [6.07, 6.45) is -0.630. The third-order valence-electron chi connectivity index (χ3n) is 4.15. The SMILES string of the molecule is CCN(CC)C(=O)c1ccc(NC(=O)C(C)Oc2ccc(C)cc2)cc1. The van der Waals surface area contributed by atoms with Gasteiger partial charge in [-0.15, -0.1) is 0 Å². The van der Waals surface area contributed by atoms with E-state index in [9.17, 15) is 9.59 Å². The van der Waals surface area contributed by atoms with Gasteiger partial charge in [0.15, 0.2) is 6.10 Å². The summed E-state index contributed by atoms with van der Waals surface area (Å²) in [5.41, 5.74) is 2.37. The van der Waals surface area contributed by atoms with Crippen LogP contribution in [0.15, 0.2) is 48.5 Å². The Bertz CT molecular complexity index is 735. The van der Waals surface area contributed by atoms with Crippen molar-refractivity contribution in [1.82, 2.24) is 4.90 Å². The van der Waals surface area contributed by atoms with E-state index in [2.05, 4.69) is 5.32 Å². The summed E-state index contributed by atoms with van der Waals surface area (Å²) in [7, 11) is 0. The van der Waals surface area contributed by atoms with Crippen molar-refractivity contribution in [3.63, 3.8) is 0 Å². The molecule has 0 spiro atoms. The van der Waals surface area contributed by atoms with Crippen molar-refractivity contribution in [1.29, 1.82) is 0 Å². The molecule has 0 radical (unpaired) electrons. The first-order chi connectivity index (χ1) is 12.4. The molecule has 0 aromatic heterocycles. The number of hydrogen-bond acceptors (Lipinski definition) is 3. The van der Waals surface area contributed by atoms with E-state index in [1.54, 1.807) is 36.1 Å². The highest BCUT2D eigenvalue weighted by atomic mass is 16.5. The molecule has 0 bridgehead atoms. The van der Waals surface area contributed by atoms with Gasteiger partial charge in [-0.1, -0.05) is 17.7 Å². The first-order valence-corrected chi connectivity index (χ1v) is 8.88. The number of nitrogens with one attached hydrogen (secondary N) is 1. The van der Waals surface area contributed by atoms with Gasteiger partial charge in [-0.05, 0) is 64.1 Å². The van der Waals surface area contributed by atoms with Crippen molar-refractivity contribution in [2.24, 2.45) is 0 Å². The van der Waals surface area contributed by atoms with Gasteiger partial charge in [0, 0.05) is 24.3 Å². The van der Waals surface area contributed by atoms with Crippen LogP contribution in [0.4, 0.5) is 5.69 Å². The molecule has 0 saturated carbocycles. The number of rotatable bonds is 7. The molecule has 2 amide bonds. The second-order valence-electron chi connectivity index (χ2n) is 6.12. The molecule has 1 N–H and O–H groups in total. The highest BCUT2D eigenvalue weighted by Crippen LogP contribution is 2.15. The lowest BCUT2D eigenvalue weighted by molar-refractivity contribution is -0.122. The molecule has 1 unspecified atom stereocenters. The average Bonchev–Trinajstić information content (AvgIpc) is 2.65. The Hall–Kier alpha value is -2.82. The molecule has 5 heteroatoms. The van der Waals surface area contributed by atoms with E-state index < -0.39 is 6.10 Å². The molecule has 0 aliphatic carbocycles. The number of carbonyl (C=O) groups excluding carboxylic acids is 2. The molecule has 2 rings (SSSR count). The number of hydrogen-bond donors (Lipinski definition) is 1. The Morgan fingerprint density at radius 1 is 1.00 bits per heavy atom. The minimum atomic E-state index is -0.630. The first kappa shape index (κ1) is 19.5. The summed E-state index contributed by atoms with van der Waals surface area (Å²) in [5, 5.41) is 2.81. The fourth-order valence-corrected chi connectivity index (χ4v) is 2.51. The summed E-state index contributed by atoms with van der Waals surface area (Å²) in [4.78, 5) is 26.3. The van der Waals surface area contributed by atoms with Crippen molar-refractivity contribution in [2.45, 2.75) is 33.8 Å². The maximum absolute atomic E-state index is 12.3. The van der Waals surface area contributed by atoms with Crippen molar-refractivity contribution in [3.8, 4) is 5.75 Å². The number of anilines is 1. The van der Waals surface area contributed by atoms with Gasteiger partial charge in [0.1, 0.15) is 5.75 Å². The van der Waals surface area contributed by atoms with Crippen LogP contribution in [0.2, 0.25) is 0 Å². The van der Waals surface area contributed by atoms with Gasteiger partial charge >= 0.3 is 0 Å². The molecule has 0 aliphatic rings. The van der Waals surface area contributed by atoms with Crippen LogP contribution in [0.5, 0.6) is 5.75 Å². The van der Waals surface area contributed by atoms with E-state index in [0.29, 0.717) is 30.1 Å². The van der Waals surface area contributed by atoms with Gasteiger partial charge in [-0.25, -0.2) is 0 Å².